The molecule has 0 bridgehead atoms. The van der Waals surface area contributed by atoms with E-state index in [1.54, 1.807) is 4.90 Å². The first kappa shape index (κ1) is 20.4. The van der Waals surface area contributed by atoms with Gasteiger partial charge in [-0.05, 0) is 30.7 Å². The Kier molecular flexibility index (Phi) is 5.78. The molecule has 9 heteroatoms. The van der Waals surface area contributed by atoms with E-state index in [0.717, 1.165) is 11.3 Å². The molecule has 1 aromatic heterocycles. The van der Waals surface area contributed by atoms with Gasteiger partial charge in [0.25, 0.3) is 0 Å². The SMILES string of the molecule is Cc1ccccc1N1C[C@@H](c2nnc(NC(=O)Cc3c(F)cccc3Cl)s2)CC1=O. The molecule has 30 heavy (non-hydrogen) atoms. The lowest BCUT2D eigenvalue weighted by atomic mass is 10.1. The average Bonchev–Trinajstić information content (AvgIpc) is 3.32. The van der Waals surface area contributed by atoms with E-state index in [1.807, 2.05) is 31.2 Å². The molecule has 4 rings (SSSR count). The first-order valence-electron chi connectivity index (χ1n) is 9.34. The van der Waals surface area contributed by atoms with Gasteiger partial charge in [-0.15, -0.1) is 10.2 Å². The van der Waals surface area contributed by atoms with Crippen LogP contribution in [-0.2, 0) is 16.0 Å². The average molecular weight is 445 g/mol. The van der Waals surface area contributed by atoms with E-state index in [4.69, 9.17) is 11.6 Å². The highest BCUT2D eigenvalue weighted by molar-refractivity contribution is 7.15. The van der Waals surface area contributed by atoms with Crippen molar-refractivity contribution in [3.05, 3.63) is 69.4 Å². The fraction of sp³-hybridized carbons (Fsp3) is 0.238. The predicted molar refractivity (Wildman–Crippen MR) is 115 cm³/mol. The number of nitrogens with zero attached hydrogens (tertiary/aromatic N) is 3. The van der Waals surface area contributed by atoms with Gasteiger partial charge >= 0.3 is 0 Å². The van der Waals surface area contributed by atoms with Crippen LogP contribution in [0, 0.1) is 12.7 Å². The van der Waals surface area contributed by atoms with Crippen molar-refractivity contribution in [2.45, 2.75) is 25.7 Å². The van der Waals surface area contributed by atoms with Crippen LogP contribution in [0.5, 0.6) is 0 Å². The van der Waals surface area contributed by atoms with Gasteiger partial charge in [0, 0.05) is 35.2 Å². The number of para-hydroxylation sites is 1. The quantitative estimate of drug-likeness (QED) is 0.635. The minimum Gasteiger partial charge on any atom is -0.311 e. The van der Waals surface area contributed by atoms with Crippen molar-refractivity contribution in [1.82, 2.24) is 10.2 Å². The number of aromatic nitrogens is 2. The van der Waals surface area contributed by atoms with Crippen molar-refractivity contribution >= 4 is 45.6 Å². The van der Waals surface area contributed by atoms with Gasteiger partial charge in [0.15, 0.2) is 0 Å². The number of nitrogens with one attached hydrogen (secondary N) is 1. The smallest absolute Gasteiger partial charge is 0.230 e. The Bertz CT molecular complexity index is 1100. The molecule has 1 fully saturated rings. The highest BCUT2D eigenvalue weighted by atomic mass is 35.5. The number of anilines is 2. The summed E-state index contributed by atoms with van der Waals surface area (Å²) in [5, 5.41) is 12.0. The number of carbonyl (C=O) groups excluding carboxylic acids is 2. The third-order valence-electron chi connectivity index (χ3n) is 4.97. The zero-order valence-corrected chi connectivity index (χ0v) is 17.6. The van der Waals surface area contributed by atoms with Crippen molar-refractivity contribution in [2.24, 2.45) is 0 Å². The Labute approximate surface area is 181 Å². The van der Waals surface area contributed by atoms with Gasteiger partial charge in [-0.25, -0.2) is 4.39 Å². The Balaban J connectivity index is 1.43. The molecule has 2 heterocycles. The van der Waals surface area contributed by atoms with Crippen LogP contribution in [0.2, 0.25) is 5.02 Å². The number of amides is 2. The fourth-order valence-corrected chi connectivity index (χ4v) is 4.53. The molecule has 0 spiro atoms. The predicted octanol–water partition coefficient (Wildman–Crippen LogP) is 4.34. The number of halogens is 2. The Morgan fingerprint density at radius 1 is 1.27 bits per heavy atom. The summed E-state index contributed by atoms with van der Waals surface area (Å²) in [5.41, 5.74) is 2.06. The zero-order valence-electron chi connectivity index (χ0n) is 16.1. The van der Waals surface area contributed by atoms with Crippen molar-refractivity contribution in [3.8, 4) is 0 Å². The molecule has 1 atom stereocenters. The van der Waals surface area contributed by atoms with E-state index < -0.39 is 11.7 Å². The van der Waals surface area contributed by atoms with Crippen molar-refractivity contribution in [3.63, 3.8) is 0 Å². The summed E-state index contributed by atoms with van der Waals surface area (Å²) in [6, 6.07) is 12.0. The van der Waals surface area contributed by atoms with E-state index in [1.165, 1.54) is 29.5 Å². The van der Waals surface area contributed by atoms with E-state index in [2.05, 4.69) is 15.5 Å². The van der Waals surface area contributed by atoms with Crippen LogP contribution in [0.4, 0.5) is 15.2 Å². The molecule has 2 amide bonds. The Hall–Kier alpha value is -2.84. The number of hydrogen-bond acceptors (Lipinski definition) is 5. The molecule has 1 saturated heterocycles. The van der Waals surface area contributed by atoms with Crippen molar-refractivity contribution in [1.29, 1.82) is 0 Å². The summed E-state index contributed by atoms with van der Waals surface area (Å²) in [6.07, 6.45) is 0.130. The van der Waals surface area contributed by atoms with Crippen LogP contribution in [0.1, 0.15) is 28.5 Å². The van der Waals surface area contributed by atoms with E-state index >= 15 is 0 Å². The highest BCUT2D eigenvalue weighted by Gasteiger charge is 2.34. The third kappa shape index (κ3) is 4.20. The second kappa shape index (κ2) is 8.49. The minimum atomic E-state index is -0.531. The van der Waals surface area contributed by atoms with Gasteiger partial charge < -0.3 is 10.2 Å². The first-order valence-corrected chi connectivity index (χ1v) is 10.5. The summed E-state index contributed by atoms with van der Waals surface area (Å²) in [5.74, 6) is -1.03. The maximum absolute atomic E-state index is 13.9. The molecular weight excluding hydrogens is 427 g/mol. The topological polar surface area (TPSA) is 75.2 Å². The number of carbonyl (C=O) groups is 2. The summed E-state index contributed by atoms with van der Waals surface area (Å²) in [4.78, 5) is 26.6. The second-order valence-corrected chi connectivity index (χ2v) is 8.48. The lowest BCUT2D eigenvalue weighted by Gasteiger charge is -2.18. The monoisotopic (exact) mass is 444 g/mol. The lowest BCUT2D eigenvalue weighted by Crippen LogP contribution is -2.25. The Morgan fingerprint density at radius 2 is 2.07 bits per heavy atom. The molecule has 2 aromatic carbocycles. The second-order valence-electron chi connectivity index (χ2n) is 7.06. The van der Waals surface area contributed by atoms with Crippen molar-refractivity contribution < 1.29 is 14.0 Å². The lowest BCUT2D eigenvalue weighted by molar-refractivity contribution is -0.117. The molecule has 6 nitrogen and oxygen atoms in total. The largest absolute Gasteiger partial charge is 0.311 e. The normalized spacial score (nSPS) is 16.2. The molecular formula is C21H18ClFN4O2S. The van der Waals surface area contributed by atoms with E-state index in [9.17, 15) is 14.0 Å². The van der Waals surface area contributed by atoms with Crippen LogP contribution in [0.3, 0.4) is 0 Å². The van der Waals surface area contributed by atoms with E-state index in [0.29, 0.717) is 23.1 Å². The molecule has 0 saturated carbocycles. The van der Waals surface area contributed by atoms with Crippen LogP contribution in [0.15, 0.2) is 42.5 Å². The highest BCUT2D eigenvalue weighted by Crippen LogP contribution is 2.35. The molecule has 1 aliphatic heterocycles. The number of hydrogen-bond donors (Lipinski definition) is 1. The van der Waals surface area contributed by atoms with Gasteiger partial charge in [-0.2, -0.15) is 0 Å². The standard InChI is InChI=1S/C21H18ClFN4O2S/c1-12-5-2-3-8-17(12)27-11-13(9-19(27)29)20-25-26-21(30-20)24-18(28)10-14-15(22)6-4-7-16(14)23/h2-8,13H,9-11H2,1H3,(H,24,26,28)/t13-/m0/s1. The maximum Gasteiger partial charge on any atom is 0.230 e. The zero-order chi connectivity index (χ0) is 21.3. The Morgan fingerprint density at radius 3 is 2.83 bits per heavy atom. The van der Waals surface area contributed by atoms with Gasteiger partial charge in [0.2, 0.25) is 16.9 Å². The number of rotatable bonds is 5. The van der Waals surface area contributed by atoms with Gasteiger partial charge in [0.05, 0.1) is 6.42 Å². The molecule has 0 unspecified atom stereocenters. The molecule has 0 radical (unpaired) electrons. The van der Waals surface area contributed by atoms with Crippen LogP contribution >= 0.6 is 22.9 Å². The van der Waals surface area contributed by atoms with Gasteiger partial charge in [0.1, 0.15) is 10.8 Å². The summed E-state index contributed by atoms with van der Waals surface area (Å²) < 4.78 is 13.9. The molecule has 3 aromatic rings. The summed E-state index contributed by atoms with van der Waals surface area (Å²) in [7, 11) is 0. The number of benzene rings is 2. The maximum atomic E-state index is 13.9. The molecule has 0 aliphatic carbocycles. The minimum absolute atomic E-state index is 0.0317. The van der Waals surface area contributed by atoms with Gasteiger partial charge in [-0.3, -0.25) is 9.59 Å². The fourth-order valence-electron chi connectivity index (χ4n) is 3.45. The van der Waals surface area contributed by atoms with Crippen LogP contribution in [-0.4, -0.2) is 28.6 Å². The summed E-state index contributed by atoms with van der Waals surface area (Å²) >= 11 is 7.19. The van der Waals surface area contributed by atoms with Crippen molar-refractivity contribution in [2.75, 3.05) is 16.8 Å². The van der Waals surface area contributed by atoms with E-state index in [-0.39, 0.29) is 28.8 Å². The van der Waals surface area contributed by atoms with Crippen LogP contribution in [0.25, 0.3) is 0 Å². The first-order chi connectivity index (χ1) is 14.4. The van der Waals surface area contributed by atoms with Crippen LogP contribution < -0.4 is 10.2 Å². The van der Waals surface area contributed by atoms with Gasteiger partial charge in [-0.1, -0.05) is 47.2 Å². The molecule has 154 valence electrons. The number of aryl methyl sites for hydroxylation is 1. The third-order valence-corrected chi connectivity index (χ3v) is 6.32. The molecule has 1 aliphatic rings. The summed E-state index contributed by atoms with van der Waals surface area (Å²) in [6.45, 7) is 2.48. The molecule has 1 N–H and O–H groups in total.